The Labute approximate surface area is 206 Å². The van der Waals surface area contributed by atoms with Crippen LogP contribution in [0.2, 0.25) is 0 Å². The summed E-state index contributed by atoms with van der Waals surface area (Å²) in [6.07, 6.45) is 3.70. The number of benzene rings is 1. The van der Waals surface area contributed by atoms with E-state index in [1.165, 1.54) is 20.3 Å². The molecule has 3 N–H and O–H groups in total. The van der Waals surface area contributed by atoms with E-state index >= 15 is 0 Å². The van der Waals surface area contributed by atoms with Crippen molar-refractivity contribution in [2.45, 2.75) is 18.9 Å². The minimum absolute atomic E-state index is 0.128. The Morgan fingerprint density at radius 3 is 2.61 bits per heavy atom. The molecule has 2 aromatic heterocycles. The van der Waals surface area contributed by atoms with Crippen molar-refractivity contribution in [3.05, 3.63) is 53.4 Å². The highest BCUT2D eigenvalue weighted by atomic mass is 19.1. The number of aliphatic hydroxyl groups excluding tert-OH is 1. The van der Waals surface area contributed by atoms with E-state index in [1.54, 1.807) is 15.8 Å². The standard InChI is InChI=1S/C25H25F2N5O4/c1-4-20(34)31-9-7-15(13-31)32-24-14(8-10-33)12-29-25(28)21(24)17(30-32)6-5-16-22(26)18(35-2)11-19(36-3)23(16)27/h4,11-12,15,33H,1,7-10,13H2,2-3H3,(H2,28,29)/t15-/m0/s1. The predicted molar refractivity (Wildman–Crippen MR) is 129 cm³/mol. The van der Waals surface area contributed by atoms with E-state index in [0.717, 1.165) is 6.07 Å². The fraction of sp³-hybridized carbons (Fsp3) is 0.320. The molecular formula is C25H25F2N5O4. The topological polar surface area (TPSA) is 116 Å². The fourth-order valence-corrected chi connectivity index (χ4v) is 4.30. The van der Waals surface area contributed by atoms with E-state index in [0.29, 0.717) is 36.0 Å². The summed E-state index contributed by atoms with van der Waals surface area (Å²) in [5, 5.41) is 14.6. The predicted octanol–water partition coefficient (Wildman–Crippen LogP) is 2.20. The van der Waals surface area contributed by atoms with Gasteiger partial charge in [-0.2, -0.15) is 5.10 Å². The molecule has 0 aliphatic carbocycles. The van der Waals surface area contributed by atoms with Gasteiger partial charge in [-0.05, 0) is 30.4 Å². The minimum Gasteiger partial charge on any atom is -0.493 e. The first kappa shape index (κ1) is 24.9. The van der Waals surface area contributed by atoms with Crippen molar-refractivity contribution in [3.63, 3.8) is 0 Å². The van der Waals surface area contributed by atoms with Crippen molar-refractivity contribution >= 4 is 22.6 Å². The van der Waals surface area contributed by atoms with Crippen LogP contribution in [0.25, 0.3) is 10.9 Å². The molecule has 0 unspecified atom stereocenters. The van der Waals surface area contributed by atoms with Gasteiger partial charge in [-0.15, -0.1) is 0 Å². The van der Waals surface area contributed by atoms with Crippen LogP contribution >= 0.6 is 0 Å². The minimum atomic E-state index is -0.978. The molecule has 1 atom stereocenters. The second-order valence-corrected chi connectivity index (χ2v) is 8.12. The number of aromatic nitrogens is 3. The number of nitrogens with two attached hydrogens (primary N) is 1. The van der Waals surface area contributed by atoms with Crippen molar-refractivity contribution < 1.29 is 28.2 Å². The molecular weight excluding hydrogens is 472 g/mol. The largest absolute Gasteiger partial charge is 0.493 e. The van der Waals surface area contributed by atoms with Gasteiger partial charge >= 0.3 is 0 Å². The third-order valence-electron chi connectivity index (χ3n) is 6.09. The van der Waals surface area contributed by atoms with Crippen LogP contribution in [0.3, 0.4) is 0 Å². The lowest BCUT2D eigenvalue weighted by Gasteiger charge is -2.16. The first-order valence-electron chi connectivity index (χ1n) is 11.1. The lowest BCUT2D eigenvalue weighted by atomic mass is 10.1. The average Bonchev–Trinajstić information content (AvgIpc) is 3.51. The molecule has 36 heavy (non-hydrogen) atoms. The highest BCUT2D eigenvalue weighted by Crippen LogP contribution is 2.33. The summed E-state index contributed by atoms with van der Waals surface area (Å²) in [7, 11) is 2.50. The number of hydrogen-bond donors (Lipinski definition) is 2. The second-order valence-electron chi connectivity index (χ2n) is 8.12. The number of fused-ring (bicyclic) bond motifs is 1. The number of anilines is 1. The summed E-state index contributed by atoms with van der Waals surface area (Å²) in [5.74, 6) is 2.78. The molecule has 0 bridgehead atoms. The Balaban J connectivity index is 1.90. The molecule has 188 valence electrons. The van der Waals surface area contributed by atoms with E-state index in [9.17, 15) is 18.7 Å². The number of rotatable bonds is 6. The van der Waals surface area contributed by atoms with Crippen LogP contribution in [0.1, 0.15) is 29.3 Å². The summed E-state index contributed by atoms with van der Waals surface area (Å²) in [6.45, 7) is 4.28. The number of ether oxygens (including phenoxy) is 2. The van der Waals surface area contributed by atoms with Crippen LogP contribution in [-0.2, 0) is 11.2 Å². The molecule has 11 heteroatoms. The number of nitrogens with zero attached hydrogens (tertiary/aromatic N) is 4. The maximum Gasteiger partial charge on any atom is 0.246 e. The number of amides is 1. The first-order chi connectivity index (χ1) is 17.3. The quantitative estimate of drug-likeness (QED) is 0.396. The number of nitrogen functional groups attached to an aromatic ring is 1. The molecule has 3 heterocycles. The van der Waals surface area contributed by atoms with E-state index in [4.69, 9.17) is 15.2 Å². The highest BCUT2D eigenvalue weighted by molar-refractivity contribution is 5.95. The van der Waals surface area contributed by atoms with Gasteiger partial charge in [-0.3, -0.25) is 9.48 Å². The van der Waals surface area contributed by atoms with Crippen molar-refractivity contribution in [1.82, 2.24) is 19.7 Å². The number of hydrogen-bond acceptors (Lipinski definition) is 7. The maximum absolute atomic E-state index is 14.9. The van der Waals surface area contributed by atoms with Crippen LogP contribution in [0.4, 0.5) is 14.6 Å². The van der Waals surface area contributed by atoms with Gasteiger partial charge in [0, 0.05) is 32.0 Å². The molecule has 1 aliphatic heterocycles. The number of pyridine rings is 1. The summed E-state index contributed by atoms with van der Waals surface area (Å²) >= 11 is 0. The molecule has 3 aromatic rings. The molecule has 1 aromatic carbocycles. The van der Waals surface area contributed by atoms with Crippen LogP contribution in [0.15, 0.2) is 24.9 Å². The Kier molecular flexibility index (Phi) is 7.07. The number of carbonyl (C=O) groups excluding carboxylic acids is 1. The number of methoxy groups -OCH3 is 2. The molecule has 0 radical (unpaired) electrons. The lowest BCUT2D eigenvalue weighted by molar-refractivity contribution is -0.125. The first-order valence-corrected chi connectivity index (χ1v) is 11.1. The summed E-state index contributed by atoms with van der Waals surface area (Å²) < 4.78 is 41.4. The second kappa shape index (κ2) is 10.2. The smallest absolute Gasteiger partial charge is 0.246 e. The summed E-state index contributed by atoms with van der Waals surface area (Å²) in [6, 6.07) is 0.885. The van der Waals surface area contributed by atoms with Gasteiger partial charge in [0.15, 0.2) is 23.1 Å². The Morgan fingerprint density at radius 1 is 1.31 bits per heavy atom. The third kappa shape index (κ3) is 4.31. The zero-order valence-electron chi connectivity index (χ0n) is 19.8. The zero-order chi connectivity index (χ0) is 26.0. The maximum atomic E-state index is 14.9. The molecule has 0 saturated carbocycles. The van der Waals surface area contributed by atoms with Crippen LogP contribution < -0.4 is 15.2 Å². The number of halogens is 2. The van der Waals surface area contributed by atoms with Crippen LogP contribution in [-0.4, -0.2) is 64.6 Å². The van der Waals surface area contributed by atoms with Crippen molar-refractivity contribution in [2.24, 2.45) is 0 Å². The van der Waals surface area contributed by atoms with Gasteiger partial charge in [0.25, 0.3) is 0 Å². The fourth-order valence-electron chi connectivity index (χ4n) is 4.30. The van der Waals surface area contributed by atoms with Gasteiger partial charge in [0.1, 0.15) is 17.1 Å². The SMILES string of the molecule is C=CC(=O)N1CC[C@H](n2nc(C#Cc3c(F)c(OC)cc(OC)c3F)c3c(N)ncc(CCO)c32)C1. The van der Waals surface area contributed by atoms with Gasteiger partial charge in [-0.25, -0.2) is 13.8 Å². The lowest BCUT2D eigenvalue weighted by Crippen LogP contribution is -2.27. The van der Waals surface area contributed by atoms with E-state index < -0.39 is 17.2 Å². The Bertz CT molecular complexity index is 1380. The van der Waals surface area contributed by atoms with Crippen LogP contribution in [0, 0.1) is 23.5 Å². The number of aliphatic hydroxyl groups is 1. The monoisotopic (exact) mass is 497 g/mol. The normalized spacial score (nSPS) is 15.0. The molecule has 4 rings (SSSR count). The molecule has 9 nitrogen and oxygen atoms in total. The third-order valence-corrected chi connectivity index (χ3v) is 6.09. The molecule has 1 fully saturated rings. The average molecular weight is 498 g/mol. The van der Waals surface area contributed by atoms with E-state index in [1.807, 2.05) is 0 Å². The van der Waals surface area contributed by atoms with Crippen LogP contribution in [0.5, 0.6) is 11.5 Å². The Morgan fingerprint density at radius 2 is 2.00 bits per heavy atom. The summed E-state index contributed by atoms with van der Waals surface area (Å²) in [5.41, 5.74) is 7.08. The van der Waals surface area contributed by atoms with E-state index in [-0.39, 0.29) is 48.0 Å². The zero-order valence-corrected chi connectivity index (χ0v) is 19.8. The molecule has 1 aliphatic rings. The van der Waals surface area contributed by atoms with Crippen molar-refractivity contribution in [3.8, 4) is 23.3 Å². The van der Waals surface area contributed by atoms with Gasteiger partial charge in [0.2, 0.25) is 5.91 Å². The van der Waals surface area contributed by atoms with Gasteiger partial charge in [0.05, 0.1) is 31.2 Å². The van der Waals surface area contributed by atoms with Crippen molar-refractivity contribution in [1.29, 1.82) is 0 Å². The number of carbonyl (C=O) groups is 1. The number of likely N-dealkylation sites (tertiary alicyclic amines) is 1. The highest BCUT2D eigenvalue weighted by Gasteiger charge is 2.30. The van der Waals surface area contributed by atoms with Gasteiger partial charge < -0.3 is 25.2 Å². The molecule has 0 spiro atoms. The summed E-state index contributed by atoms with van der Waals surface area (Å²) in [4.78, 5) is 18.0. The van der Waals surface area contributed by atoms with Crippen molar-refractivity contribution in [2.75, 3.05) is 39.6 Å². The Hall–Kier alpha value is -4.17. The van der Waals surface area contributed by atoms with Gasteiger partial charge in [-0.1, -0.05) is 12.5 Å². The molecule has 1 amide bonds. The molecule has 1 saturated heterocycles. The van der Waals surface area contributed by atoms with E-state index in [2.05, 4.69) is 28.5 Å².